The van der Waals surface area contributed by atoms with E-state index < -0.39 is 0 Å². The lowest BCUT2D eigenvalue weighted by Gasteiger charge is -2.18. The first-order valence-corrected chi connectivity index (χ1v) is 6.18. The van der Waals surface area contributed by atoms with Gasteiger partial charge in [-0.25, -0.2) is 0 Å². The Bertz CT molecular complexity index is 109. The molecule has 0 aliphatic heterocycles. The van der Waals surface area contributed by atoms with Gasteiger partial charge in [0, 0.05) is 18.4 Å². The van der Waals surface area contributed by atoms with Crippen LogP contribution in [0, 0.1) is 0 Å². The van der Waals surface area contributed by atoms with Crippen LogP contribution in [0.2, 0.25) is 0 Å². The summed E-state index contributed by atoms with van der Waals surface area (Å²) in [5, 5.41) is 4.14. The number of hydrogen-bond acceptors (Lipinski definition) is 3. The molecule has 2 nitrogen and oxygen atoms in total. The lowest BCUT2D eigenvalue weighted by Crippen LogP contribution is -2.35. The van der Waals surface area contributed by atoms with Crippen LogP contribution in [0.1, 0.15) is 27.7 Å². The van der Waals surface area contributed by atoms with Crippen molar-refractivity contribution in [1.29, 1.82) is 0 Å². The van der Waals surface area contributed by atoms with Crippen molar-refractivity contribution in [3.63, 3.8) is 0 Å². The van der Waals surface area contributed by atoms with Gasteiger partial charge in [0.25, 0.3) is 0 Å². The van der Waals surface area contributed by atoms with E-state index in [-0.39, 0.29) is 0 Å². The highest BCUT2D eigenvalue weighted by molar-refractivity contribution is 7.99. The zero-order chi connectivity index (χ0) is 10.1. The van der Waals surface area contributed by atoms with Crippen molar-refractivity contribution in [2.45, 2.75) is 39.0 Å². The first-order chi connectivity index (χ1) is 6.20. The molecule has 0 radical (unpaired) electrons. The van der Waals surface area contributed by atoms with Gasteiger partial charge in [0.1, 0.15) is 0 Å². The SMILES string of the molecule is CCNC(COCC)CSC(C)C. The Morgan fingerprint density at radius 3 is 2.46 bits per heavy atom. The van der Waals surface area contributed by atoms with Crippen LogP contribution in [-0.2, 0) is 4.74 Å². The van der Waals surface area contributed by atoms with E-state index in [0.717, 1.165) is 25.5 Å². The maximum atomic E-state index is 5.40. The van der Waals surface area contributed by atoms with Crippen LogP contribution in [0.25, 0.3) is 0 Å². The van der Waals surface area contributed by atoms with E-state index in [9.17, 15) is 0 Å². The molecule has 0 aliphatic rings. The summed E-state index contributed by atoms with van der Waals surface area (Å²) in [5.74, 6) is 1.14. The van der Waals surface area contributed by atoms with Gasteiger partial charge >= 0.3 is 0 Å². The predicted octanol–water partition coefficient (Wildman–Crippen LogP) is 2.14. The molecule has 0 saturated heterocycles. The fourth-order valence-electron chi connectivity index (χ4n) is 1.02. The Morgan fingerprint density at radius 1 is 1.31 bits per heavy atom. The average molecular weight is 205 g/mol. The molecular weight excluding hydrogens is 182 g/mol. The summed E-state index contributed by atoms with van der Waals surface area (Å²) in [7, 11) is 0. The molecule has 13 heavy (non-hydrogen) atoms. The molecule has 0 aliphatic carbocycles. The molecule has 0 amide bonds. The van der Waals surface area contributed by atoms with Crippen molar-refractivity contribution < 1.29 is 4.74 Å². The van der Waals surface area contributed by atoms with Gasteiger partial charge in [-0.3, -0.25) is 0 Å². The third kappa shape index (κ3) is 8.60. The van der Waals surface area contributed by atoms with Crippen molar-refractivity contribution >= 4 is 11.8 Å². The highest BCUT2D eigenvalue weighted by Gasteiger charge is 2.07. The van der Waals surface area contributed by atoms with Gasteiger partial charge in [0.15, 0.2) is 0 Å². The van der Waals surface area contributed by atoms with Gasteiger partial charge in [-0.15, -0.1) is 0 Å². The summed E-state index contributed by atoms with van der Waals surface area (Å²) < 4.78 is 5.40. The van der Waals surface area contributed by atoms with E-state index in [2.05, 4.69) is 26.1 Å². The third-order valence-electron chi connectivity index (χ3n) is 1.65. The highest BCUT2D eigenvalue weighted by atomic mass is 32.2. The number of likely N-dealkylation sites (N-methyl/N-ethyl adjacent to an activating group) is 1. The third-order valence-corrected chi connectivity index (χ3v) is 2.91. The lowest BCUT2D eigenvalue weighted by molar-refractivity contribution is 0.129. The van der Waals surface area contributed by atoms with E-state index in [1.54, 1.807) is 0 Å². The molecule has 0 bridgehead atoms. The smallest absolute Gasteiger partial charge is 0.0627 e. The topological polar surface area (TPSA) is 21.3 Å². The van der Waals surface area contributed by atoms with Gasteiger partial charge in [-0.05, 0) is 18.7 Å². The van der Waals surface area contributed by atoms with Crippen LogP contribution in [0.15, 0.2) is 0 Å². The molecular formula is C10H23NOS. The molecule has 1 atom stereocenters. The zero-order valence-corrected chi connectivity index (χ0v) is 10.1. The van der Waals surface area contributed by atoms with Crippen molar-refractivity contribution in [1.82, 2.24) is 5.32 Å². The Morgan fingerprint density at radius 2 is 2.00 bits per heavy atom. The summed E-state index contributed by atoms with van der Waals surface area (Å²) >= 11 is 1.99. The minimum Gasteiger partial charge on any atom is -0.380 e. The second-order valence-corrected chi connectivity index (χ2v) is 4.91. The van der Waals surface area contributed by atoms with Gasteiger partial charge in [0.2, 0.25) is 0 Å². The highest BCUT2D eigenvalue weighted by Crippen LogP contribution is 2.10. The van der Waals surface area contributed by atoms with E-state index in [0.29, 0.717) is 11.3 Å². The van der Waals surface area contributed by atoms with E-state index in [1.165, 1.54) is 0 Å². The maximum absolute atomic E-state index is 5.40. The van der Waals surface area contributed by atoms with E-state index in [1.807, 2.05) is 18.7 Å². The van der Waals surface area contributed by atoms with E-state index in [4.69, 9.17) is 4.74 Å². The monoisotopic (exact) mass is 205 g/mol. The minimum absolute atomic E-state index is 0.511. The molecule has 0 heterocycles. The molecule has 0 aromatic carbocycles. The first-order valence-electron chi connectivity index (χ1n) is 5.13. The first kappa shape index (κ1) is 13.3. The van der Waals surface area contributed by atoms with Crippen LogP contribution >= 0.6 is 11.8 Å². The number of rotatable bonds is 8. The van der Waals surface area contributed by atoms with Gasteiger partial charge in [-0.2, -0.15) is 11.8 Å². The average Bonchev–Trinajstić information content (AvgIpc) is 2.09. The van der Waals surface area contributed by atoms with Crippen molar-refractivity contribution in [3.05, 3.63) is 0 Å². The summed E-state index contributed by atoms with van der Waals surface area (Å²) in [6.45, 7) is 11.3. The molecule has 0 fully saturated rings. The second kappa shape index (κ2) is 8.85. The van der Waals surface area contributed by atoms with Crippen LogP contribution in [-0.4, -0.2) is 36.8 Å². The predicted molar refractivity (Wildman–Crippen MR) is 61.6 cm³/mol. The van der Waals surface area contributed by atoms with Crippen LogP contribution in [0.3, 0.4) is 0 Å². The molecule has 3 heteroatoms. The number of thioether (sulfide) groups is 1. The van der Waals surface area contributed by atoms with Gasteiger partial charge in [-0.1, -0.05) is 20.8 Å². The van der Waals surface area contributed by atoms with Gasteiger partial charge in [0.05, 0.1) is 6.61 Å². The molecule has 0 aromatic heterocycles. The van der Waals surface area contributed by atoms with Crippen molar-refractivity contribution in [2.24, 2.45) is 0 Å². The fourth-order valence-corrected chi connectivity index (χ4v) is 1.85. The Hall–Kier alpha value is 0.270. The Labute approximate surface area is 86.8 Å². The molecule has 0 saturated carbocycles. The van der Waals surface area contributed by atoms with Crippen LogP contribution < -0.4 is 5.32 Å². The lowest BCUT2D eigenvalue weighted by atomic mass is 10.3. The summed E-state index contributed by atoms with van der Waals surface area (Å²) in [5.41, 5.74) is 0. The fraction of sp³-hybridized carbons (Fsp3) is 1.00. The molecule has 0 rings (SSSR count). The van der Waals surface area contributed by atoms with Gasteiger partial charge < -0.3 is 10.1 Å². The number of ether oxygens (including phenoxy) is 1. The molecule has 0 aromatic rings. The Kier molecular flexibility index (Phi) is 9.03. The van der Waals surface area contributed by atoms with Crippen LogP contribution in [0.4, 0.5) is 0 Å². The van der Waals surface area contributed by atoms with Crippen molar-refractivity contribution in [2.75, 3.05) is 25.5 Å². The summed E-state index contributed by atoms with van der Waals surface area (Å²) in [6, 6.07) is 0.511. The summed E-state index contributed by atoms with van der Waals surface area (Å²) in [6.07, 6.45) is 0. The number of hydrogen-bond donors (Lipinski definition) is 1. The van der Waals surface area contributed by atoms with Crippen LogP contribution in [0.5, 0.6) is 0 Å². The quantitative estimate of drug-likeness (QED) is 0.656. The normalized spacial score (nSPS) is 13.6. The molecule has 0 spiro atoms. The molecule has 1 N–H and O–H groups in total. The largest absolute Gasteiger partial charge is 0.380 e. The molecule has 1 unspecified atom stereocenters. The molecule has 80 valence electrons. The van der Waals surface area contributed by atoms with E-state index >= 15 is 0 Å². The minimum atomic E-state index is 0.511. The number of nitrogens with one attached hydrogen (secondary N) is 1. The Balaban J connectivity index is 3.53. The second-order valence-electron chi connectivity index (χ2n) is 3.30. The summed E-state index contributed by atoms with van der Waals surface area (Å²) in [4.78, 5) is 0. The standard InChI is InChI=1S/C10H23NOS/c1-5-11-10(7-12-6-2)8-13-9(3)4/h9-11H,5-8H2,1-4H3. The van der Waals surface area contributed by atoms with Crippen molar-refractivity contribution in [3.8, 4) is 0 Å². The zero-order valence-electron chi connectivity index (χ0n) is 9.30. The maximum Gasteiger partial charge on any atom is 0.0627 e.